The largest absolute Gasteiger partial charge is 0.507 e. The van der Waals surface area contributed by atoms with Gasteiger partial charge in [-0.2, -0.15) is 0 Å². The van der Waals surface area contributed by atoms with Crippen LogP contribution in [0.4, 0.5) is 5.69 Å². The number of carbonyl (C=O) groups excluding carboxylic acids is 1. The third kappa shape index (κ3) is 3.18. The molecule has 150 valence electrons. The Labute approximate surface area is 169 Å². The van der Waals surface area contributed by atoms with Crippen LogP contribution in [0.3, 0.4) is 0 Å². The van der Waals surface area contributed by atoms with Gasteiger partial charge in [-0.3, -0.25) is 10.1 Å². The molecule has 1 aliphatic carbocycles. The Morgan fingerprint density at radius 1 is 1.03 bits per heavy atom. The molecule has 0 saturated heterocycles. The molecule has 29 heavy (non-hydrogen) atoms. The van der Waals surface area contributed by atoms with Crippen LogP contribution in [0, 0.1) is 24.0 Å². The maximum absolute atomic E-state index is 12.7. The lowest BCUT2D eigenvalue weighted by Gasteiger charge is -2.31. The van der Waals surface area contributed by atoms with E-state index in [1.165, 1.54) is 6.07 Å². The summed E-state index contributed by atoms with van der Waals surface area (Å²) >= 11 is 0. The van der Waals surface area contributed by atoms with E-state index in [4.69, 9.17) is 4.74 Å². The minimum absolute atomic E-state index is 0.0302. The summed E-state index contributed by atoms with van der Waals surface area (Å²) in [6, 6.07) is 10.2. The normalized spacial score (nSPS) is 18.2. The summed E-state index contributed by atoms with van der Waals surface area (Å²) in [6.07, 6.45) is 4.23. The number of carbonyl (C=O) groups is 1. The number of non-ortho nitro benzene ring substituents is 1. The molecule has 1 aliphatic heterocycles. The van der Waals surface area contributed by atoms with Gasteiger partial charge in [-0.1, -0.05) is 30.7 Å². The van der Waals surface area contributed by atoms with Crippen LogP contribution in [-0.2, 0) is 9.53 Å². The highest BCUT2D eigenvalue weighted by molar-refractivity contribution is 6.20. The Hall–Kier alpha value is -3.15. The van der Waals surface area contributed by atoms with Gasteiger partial charge in [0.25, 0.3) is 5.69 Å². The van der Waals surface area contributed by atoms with E-state index in [1.807, 2.05) is 32.0 Å². The van der Waals surface area contributed by atoms with E-state index in [2.05, 4.69) is 0 Å². The van der Waals surface area contributed by atoms with Crippen LogP contribution in [0.15, 0.2) is 42.2 Å². The van der Waals surface area contributed by atoms with Gasteiger partial charge in [0.15, 0.2) is 11.4 Å². The standard InChI is InChI=1S/C23H23NO5/c1-14-12-19(20-21(25)23(29-22(20)26)9-4-3-5-10-23)15(2)11-18(14)16-7-6-8-17(13-16)24(27)28/h6-8,11-13,25H,3-5,9-10H2,1-2H3. The molecule has 1 spiro atoms. The van der Waals surface area contributed by atoms with Gasteiger partial charge in [0.05, 0.1) is 4.92 Å². The van der Waals surface area contributed by atoms with Crippen molar-refractivity contribution in [3.63, 3.8) is 0 Å². The van der Waals surface area contributed by atoms with Crippen molar-refractivity contribution < 1.29 is 19.6 Å². The van der Waals surface area contributed by atoms with E-state index < -0.39 is 16.5 Å². The highest BCUT2D eigenvalue weighted by atomic mass is 16.6. The molecule has 0 radical (unpaired) electrons. The number of nitrogens with zero attached hydrogens (tertiary/aromatic N) is 1. The Kier molecular flexibility index (Phi) is 4.65. The van der Waals surface area contributed by atoms with Gasteiger partial charge in [0.1, 0.15) is 5.57 Å². The maximum Gasteiger partial charge on any atom is 0.343 e. The molecule has 4 rings (SSSR count). The average Bonchev–Trinajstić information content (AvgIpc) is 2.93. The second-order valence-electron chi connectivity index (χ2n) is 7.96. The van der Waals surface area contributed by atoms with Gasteiger partial charge in [-0.15, -0.1) is 0 Å². The summed E-state index contributed by atoms with van der Waals surface area (Å²) in [4.78, 5) is 23.4. The number of aliphatic hydroxyl groups excluding tert-OH is 1. The summed E-state index contributed by atoms with van der Waals surface area (Å²) in [5.74, 6) is -0.428. The highest BCUT2D eigenvalue weighted by Crippen LogP contribution is 2.46. The highest BCUT2D eigenvalue weighted by Gasteiger charge is 2.49. The molecule has 1 N–H and O–H groups in total. The summed E-state index contributed by atoms with van der Waals surface area (Å²) in [7, 11) is 0. The summed E-state index contributed by atoms with van der Waals surface area (Å²) in [6.45, 7) is 3.76. The van der Waals surface area contributed by atoms with Gasteiger partial charge < -0.3 is 9.84 Å². The number of aliphatic hydroxyl groups is 1. The van der Waals surface area contributed by atoms with Crippen LogP contribution in [0.2, 0.25) is 0 Å². The molecular formula is C23H23NO5. The summed E-state index contributed by atoms with van der Waals surface area (Å²) in [5.41, 5.74) is 3.33. The molecule has 2 aliphatic rings. The lowest BCUT2D eigenvalue weighted by molar-refractivity contribution is -0.384. The second kappa shape index (κ2) is 7.03. The number of rotatable bonds is 3. The fourth-order valence-corrected chi connectivity index (χ4v) is 4.48. The first-order chi connectivity index (χ1) is 13.8. The van der Waals surface area contributed by atoms with Crippen molar-refractivity contribution in [2.24, 2.45) is 0 Å². The van der Waals surface area contributed by atoms with Crippen molar-refractivity contribution in [3.8, 4) is 11.1 Å². The van der Waals surface area contributed by atoms with Gasteiger partial charge in [-0.25, -0.2) is 4.79 Å². The molecule has 1 saturated carbocycles. The first kappa shape index (κ1) is 19.2. The number of benzene rings is 2. The van der Waals surface area contributed by atoms with Crippen LogP contribution in [0.1, 0.15) is 48.8 Å². The monoisotopic (exact) mass is 393 g/mol. The molecule has 0 atom stereocenters. The van der Waals surface area contributed by atoms with E-state index in [9.17, 15) is 20.0 Å². The Bertz CT molecular complexity index is 1050. The zero-order valence-electron chi connectivity index (χ0n) is 16.5. The molecule has 0 bridgehead atoms. The third-order valence-corrected chi connectivity index (χ3v) is 6.03. The number of ether oxygens (including phenoxy) is 1. The summed E-state index contributed by atoms with van der Waals surface area (Å²) in [5, 5.41) is 22.1. The lowest BCUT2D eigenvalue weighted by Crippen LogP contribution is -2.34. The molecule has 2 aromatic carbocycles. The molecule has 6 nitrogen and oxygen atoms in total. The van der Waals surface area contributed by atoms with Gasteiger partial charge in [0, 0.05) is 12.1 Å². The number of hydrogen-bond donors (Lipinski definition) is 1. The number of hydrogen-bond acceptors (Lipinski definition) is 5. The minimum Gasteiger partial charge on any atom is -0.507 e. The van der Waals surface area contributed by atoms with Crippen molar-refractivity contribution in [3.05, 3.63) is 69.0 Å². The van der Waals surface area contributed by atoms with Crippen LogP contribution >= 0.6 is 0 Å². The molecule has 0 aromatic heterocycles. The lowest BCUT2D eigenvalue weighted by atomic mass is 9.82. The first-order valence-electron chi connectivity index (χ1n) is 9.86. The first-order valence-corrected chi connectivity index (χ1v) is 9.86. The molecule has 2 aromatic rings. The molecule has 0 amide bonds. The second-order valence-corrected chi connectivity index (χ2v) is 7.96. The predicted molar refractivity (Wildman–Crippen MR) is 109 cm³/mol. The van der Waals surface area contributed by atoms with E-state index in [-0.39, 0.29) is 17.0 Å². The fraction of sp³-hybridized carbons (Fsp3) is 0.348. The SMILES string of the molecule is Cc1cc(-c2cccc([N+](=O)[O-])c2)c(C)cc1C1=C(O)C2(CCCCC2)OC1=O. The molecule has 1 heterocycles. The Balaban J connectivity index is 1.79. The topological polar surface area (TPSA) is 89.7 Å². The van der Waals surface area contributed by atoms with Crippen molar-refractivity contribution in [1.29, 1.82) is 0 Å². The number of esters is 1. The van der Waals surface area contributed by atoms with Crippen LogP contribution < -0.4 is 0 Å². The van der Waals surface area contributed by atoms with E-state index >= 15 is 0 Å². The molecule has 6 heteroatoms. The average molecular weight is 393 g/mol. The number of nitro benzene ring substituents is 1. The zero-order valence-corrected chi connectivity index (χ0v) is 16.5. The molecular weight excluding hydrogens is 370 g/mol. The van der Waals surface area contributed by atoms with Crippen molar-refractivity contribution in [2.45, 2.75) is 51.6 Å². The predicted octanol–water partition coefficient (Wildman–Crippen LogP) is 5.41. The van der Waals surface area contributed by atoms with Crippen molar-refractivity contribution in [2.75, 3.05) is 0 Å². The maximum atomic E-state index is 12.7. The Morgan fingerprint density at radius 2 is 1.69 bits per heavy atom. The van der Waals surface area contributed by atoms with Gasteiger partial charge in [0.2, 0.25) is 0 Å². The van der Waals surface area contributed by atoms with Gasteiger partial charge >= 0.3 is 5.97 Å². The van der Waals surface area contributed by atoms with E-state index in [0.29, 0.717) is 18.4 Å². The number of nitro groups is 1. The zero-order chi connectivity index (χ0) is 20.8. The molecule has 1 fully saturated rings. The summed E-state index contributed by atoms with van der Waals surface area (Å²) < 4.78 is 5.68. The third-order valence-electron chi connectivity index (χ3n) is 6.03. The van der Waals surface area contributed by atoms with Crippen molar-refractivity contribution >= 4 is 17.2 Å². The molecule has 0 unspecified atom stereocenters. The van der Waals surface area contributed by atoms with E-state index in [1.54, 1.807) is 12.1 Å². The van der Waals surface area contributed by atoms with Crippen molar-refractivity contribution in [1.82, 2.24) is 0 Å². The van der Waals surface area contributed by atoms with E-state index in [0.717, 1.165) is 41.5 Å². The van der Waals surface area contributed by atoms with Crippen LogP contribution in [-0.4, -0.2) is 21.6 Å². The number of aryl methyl sites for hydroxylation is 2. The minimum atomic E-state index is -0.871. The smallest absolute Gasteiger partial charge is 0.343 e. The van der Waals surface area contributed by atoms with Crippen LogP contribution in [0.5, 0.6) is 0 Å². The van der Waals surface area contributed by atoms with Gasteiger partial charge in [-0.05, 0) is 67.3 Å². The Morgan fingerprint density at radius 3 is 2.38 bits per heavy atom. The fourth-order valence-electron chi connectivity index (χ4n) is 4.48. The quantitative estimate of drug-likeness (QED) is 0.428. The van der Waals surface area contributed by atoms with Crippen LogP contribution in [0.25, 0.3) is 16.7 Å².